The maximum Gasteiger partial charge on any atom is 0.250 e. The number of ether oxygens (including phenoxy) is 2. The molecule has 3 aromatic heterocycles. The van der Waals surface area contributed by atoms with Gasteiger partial charge in [-0.05, 0) is 49.7 Å². The first-order valence-corrected chi connectivity index (χ1v) is 13.2. The average molecular weight is 566 g/mol. The van der Waals surface area contributed by atoms with E-state index in [0.717, 1.165) is 11.5 Å². The lowest BCUT2D eigenvalue weighted by Gasteiger charge is -2.24. The van der Waals surface area contributed by atoms with Crippen molar-refractivity contribution in [3.05, 3.63) is 84.6 Å². The minimum atomic E-state index is -0.564. The molecule has 0 radical (unpaired) electrons. The SMILES string of the molecule is C=C(C)C(=O)Nc1cccc(N2CCn3c2c(-c2ccc(Oc4cccc(C)n4)c(F)c2)c2c(N)ncnc23)c1OC. The van der Waals surface area contributed by atoms with E-state index in [1.807, 2.05) is 34.6 Å². The van der Waals surface area contributed by atoms with Crippen LogP contribution in [-0.2, 0) is 11.3 Å². The number of amides is 1. The molecule has 0 saturated heterocycles. The molecule has 1 amide bonds. The van der Waals surface area contributed by atoms with Gasteiger partial charge in [-0.15, -0.1) is 0 Å². The van der Waals surface area contributed by atoms with Crippen LogP contribution in [0.3, 0.4) is 0 Å². The molecule has 6 rings (SSSR count). The second-order valence-corrected chi connectivity index (χ2v) is 9.92. The van der Waals surface area contributed by atoms with Crippen LogP contribution in [-0.4, -0.2) is 39.1 Å². The summed E-state index contributed by atoms with van der Waals surface area (Å²) in [6.07, 6.45) is 1.41. The minimum Gasteiger partial charge on any atom is -0.492 e. The van der Waals surface area contributed by atoms with Crippen LogP contribution in [0.15, 0.2) is 73.1 Å². The van der Waals surface area contributed by atoms with Gasteiger partial charge < -0.3 is 30.0 Å². The number of carbonyl (C=O) groups excluding carboxylic acids is 1. The van der Waals surface area contributed by atoms with Crippen molar-refractivity contribution < 1.29 is 18.7 Å². The fourth-order valence-electron chi connectivity index (χ4n) is 5.19. The highest BCUT2D eigenvalue weighted by molar-refractivity contribution is 6.09. The largest absolute Gasteiger partial charge is 0.492 e. The summed E-state index contributed by atoms with van der Waals surface area (Å²) < 4.78 is 29.1. The molecule has 4 heterocycles. The van der Waals surface area contributed by atoms with Crippen LogP contribution >= 0.6 is 0 Å². The molecule has 0 saturated carbocycles. The summed E-state index contributed by atoms with van der Waals surface area (Å²) in [5, 5.41) is 3.47. The molecule has 5 aromatic rings. The Morgan fingerprint density at radius 2 is 1.93 bits per heavy atom. The number of halogens is 1. The topological polar surface area (TPSA) is 120 Å². The van der Waals surface area contributed by atoms with Gasteiger partial charge in [-0.25, -0.2) is 19.3 Å². The number of aromatic nitrogens is 4. The Labute approximate surface area is 241 Å². The zero-order valence-corrected chi connectivity index (χ0v) is 23.3. The summed E-state index contributed by atoms with van der Waals surface area (Å²) in [5.74, 6) is 0.945. The highest BCUT2D eigenvalue weighted by Crippen LogP contribution is 2.49. The summed E-state index contributed by atoms with van der Waals surface area (Å²) in [6, 6.07) is 15.5. The summed E-state index contributed by atoms with van der Waals surface area (Å²) in [6.45, 7) is 8.34. The number of hydrogen-bond donors (Lipinski definition) is 2. The highest BCUT2D eigenvalue weighted by Gasteiger charge is 2.33. The number of benzene rings is 2. The number of nitrogens with one attached hydrogen (secondary N) is 1. The Bertz CT molecular complexity index is 1880. The van der Waals surface area contributed by atoms with Crippen molar-refractivity contribution in [1.82, 2.24) is 19.5 Å². The molecule has 0 aliphatic carbocycles. The van der Waals surface area contributed by atoms with Crippen LogP contribution in [0.4, 0.5) is 27.4 Å². The fourth-order valence-corrected chi connectivity index (χ4v) is 5.19. The van der Waals surface area contributed by atoms with Gasteiger partial charge in [-0.2, -0.15) is 0 Å². The molecule has 0 fully saturated rings. The smallest absolute Gasteiger partial charge is 0.250 e. The van der Waals surface area contributed by atoms with E-state index in [0.29, 0.717) is 63.8 Å². The van der Waals surface area contributed by atoms with E-state index in [9.17, 15) is 4.79 Å². The average Bonchev–Trinajstić information content (AvgIpc) is 3.53. The lowest BCUT2D eigenvalue weighted by atomic mass is 10.0. The number of carbonyl (C=O) groups is 1. The van der Waals surface area contributed by atoms with Crippen LogP contribution in [0.25, 0.3) is 22.2 Å². The summed E-state index contributed by atoms with van der Waals surface area (Å²) >= 11 is 0. The van der Waals surface area contributed by atoms with E-state index in [1.54, 1.807) is 44.4 Å². The molecule has 0 spiro atoms. The number of methoxy groups -OCH3 is 1. The number of aryl methyl sites for hydroxylation is 1. The number of anilines is 4. The monoisotopic (exact) mass is 565 g/mol. The van der Waals surface area contributed by atoms with Gasteiger partial charge in [0.2, 0.25) is 5.88 Å². The van der Waals surface area contributed by atoms with Crippen molar-refractivity contribution in [1.29, 1.82) is 0 Å². The normalized spacial score (nSPS) is 12.3. The van der Waals surface area contributed by atoms with Gasteiger partial charge in [0.15, 0.2) is 17.3 Å². The first-order chi connectivity index (χ1) is 20.3. The van der Waals surface area contributed by atoms with Crippen LogP contribution in [0, 0.1) is 12.7 Å². The van der Waals surface area contributed by atoms with E-state index in [-0.39, 0.29) is 17.5 Å². The predicted octanol–water partition coefficient (Wildman–Crippen LogP) is 5.99. The Kier molecular flexibility index (Phi) is 6.69. The van der Waals surface area contributed by atoms with Crippen molar-refractivity contribution >= 4 is 40.0 Å². The van der Waals surface area contributed by atoms with Crippen molar-refractivity contribution in [3.8, 4) is 28.5 Å². The van der Waals surface area contributed by atoms with Gasteiger partial charge >= 0.3 is 0 Å². The molecule has 0 atom stereocenters. The fraction of sp³-hybridized carbons (Fsp3) is 0.161. The minimum absolute atomic E-state index is 0.0423. The molecule has 11 heteroatoms. The third kappa shape index (κ3) is 4.54. The molecule has 1 aliphatic heterocycles. The van der Waals surface area contributed by atoms with Crippen molar-refractivity contribution in [3.63, 3.8) is 0 Å². The van der Waals surface area contributed by atoms with Crippen LogP contribution < -0.4 is 25.4 Å². The number of nitrogens with two attached hydrogens (primary N) is 1. The molecule has 3 N–H and O–H groups in total. The van der Waals surface area contributed by atoms with E-state index < -0.39 is 5.82 Å². The highest BCUT2D eigenvalue weighted by atomic mass is 19.1. The van der Waals surface area contributed by atoms with Crippen LogP contribution in [0.5, 0.6) is 17.4 Å². The zero-order valence-electron chi connectivity index (χ0n) is 23.3. The Morgan fingerprint density at radius 3 is 2.67 bits per heavy atom. The zero-order chi connectivity index (χ0) is 29.5. The summed E-state index contributed by atoms with van der Waals surface area (Å²) in [5.41, 5.74) is 10.6. The van der Waals surface area contributed by atoms with Crippen molar-refractivity contribution in [2.45, 2.75) is 20.4 Å². The lowest BCUT2D eigenvalue weighted by Crippen LogP contribution is -2.17. The molecule has 42 heavy (non-hydrogen) atoms. The maximum atomic E-state index is 15.6. The van der Waals surface area contributed by atoms with Crippen molar-refractivity contribution in [2.75, 3.05) is 29.6 Å². The molecule has 10 nitrogen and oxygen atoms in total. The van der Waals surface area contributed by atoms with Crippen molar-refractivity contribution in [2.24, 2.45) is 0 Å². The third-order valence-corrected chi connectivity index (χ3v) is 7.07. The third-order valence-electron chi connectivity index (χ3n) is 7.07. The second kappa shape index (κ2) is 10.5. The molecular weight excluding hydrogens is 537 g/mol. The first kappa shape index (κ1) is 26.8. The van der Waals surface area contributed by atoms with Gasteiger partial charge in [0.05, 0.1) is 23.9 Å². The molecule has 1 aliphatic rings. The van der Waals surface area contributed by atoms with Gasteiger partial charge in [-0.1, -0.05) is 24.8 Å². The number of nitrogens with zero attached hydrogens (tertiary/aromatic N) is 5. The number of pyridine rings is 1. The number of hydrogen-bond acceptors (Lipinski definition) is 8. The number of nitrogen functional groups attached to an aromatic ring is 1. The van der Waals surface area contributed by atoms with E-state index >= 15 is 4.39 Å². The second-order valence-electron chi connectivity index (χ2n) is 9.92. The van der Waals surface area contributed by atoms with Gasteiger partial charge in [0, 0.05) is 36.0 Å². The number of fused-ring (bicyclic) bond motifs is 3. The quantitative estimate of drug-likeness (QED) is 0.231. The Hall–Kier alpha value is -5.45. The Balaban J connectivity index is 1.49. The Morgan fingerprint density at radius 1 is 1.12 bits per heavy atom. The summed E-state index contributed by atoms with van der Waals surface area (Å²) in [4.78, 5) is 27.5. The maximum absolute atomic E-state index is 15.6. The molecule has 0 unspecified atom stereocenters. The van der Waals surface area contributed by atoms with Crippen LogP contribution in [0.2, 0.25) is 0 Å². The van der Waals surface area contributed by atoms with Gasteiger partial charge in [-0.3, -0.25) is 4.79 Å². The number of para-hydroxylation sites is 1. The van der Waals surface area contributed by atoms with Crippen LogP contribution in [0.1, 0.15) is 12.6 Å². The lowest BCUT2D eigenvalue weighted by molar-refractivity contribution is -0.112. The van der Waals surface area contributed by atoms with E-state index in [1.165, 1.54) is 12.4 Å². The molecule has 0 bridgehead atoms. The molecular formula is C31H28FN7O3. The standard InChI is InChI=1S/C31H28FN7O3/c1-17(2)30(40)37-21-8-6-9-22(27(21)41-4)38-13-14-39-29-26(28(33)34-16-35-29)25(31(38)39)19-11-12-23(20(32)15-19)42-24-10-5-7-18(3)36-24/h5-12,15-16H,1,13-14H2,2-4H3,(H,37,40)(H2,33,34,35). The predicted molar refractivity (Wildman–Crippen MR) is 160 cm³/mol. The first-order valence-electron chi connectivity index (χ1n) is 13.2. The number of rotatable bonds is 7. The van der Waals surface area contributed by atoms with E-state index in [2.05, 4.69) is 26.8 Å². The van der Waals surface area contributed by atoms with Gasteiger partial charge in [0.25, 0.3) is 5.91 Å². The van der Waals surface area contributed by atoms with E-state index in [4.69, 9.17) is 15.2 Å². The molecule has 2 aromatic carbocycles. The molecule has 212 valence electrons. The summed E-state index contributed by atoms with van der Waals surface area (Å²) in [7, 11) is 1.54. The van der Waals surface area contributed by atoms with Gasteiger partial charge in [0.1, 0.15) is 23.6 Å².